The van der Waals surface area contributed by atoms with E-state index >= 15 is 0 Å². The second-order valence-corrected chi connectivity index (χ2v) is 7.66. The minimum absolute atomic E-state index is 0.0420. The molecule has 2 aromatic carbocycles. The lowest BCUT2D eigenvalue weighted by molar-refractivity contribution is -0.119. The Morgan fingerprint density at radius 3 is 2.68 bits per heavy atom. The number of carbonyl (C=O) groups excluding carboxylic acids is 1. The van der Waals surface area contributed by atoms with E-state index < -0.39 is 0 Å². The standard InChI is InChI=1S/C19H18N2O2S2/c1-12-6-8-13(9-7-12)18-21-16(11-25-18)17(22)20(19(21)24)14-4-3-5-15(10-14)23-2/h3-10,16,18H,11H2,1-2H3/t16-,18-/m1/s1. The van der Waals surface area contributed by atoms with Crippen molar-refractivity contribution < 1.29 is 9.53 Å². The van der Waals surface area contributed by atoms with Crippen LogP contribution in [-0.4, -0.2) is 34.8 Å². The molecule has 2 saturated heterocycles. The first-order valence-corrected chi connectivity index (χ1v) is 9.54. The number of methoxy groups -OCH3 is 1. The zero-order valence-corrected chi connectivity index (χ0v) is 15.6. The third kappa shape index (κ3) is 2.69. The number of amides is 1. The molecule has 0 aromatic heterocycles. The van der Waals surface area contributed by atoms with Crippen LogP contribution in [0.2, 0.25) is 0 Å². The summed E-state index contributed by atoms with van der Waals surface area (Å²) in [6, 6.07) is 15.7. The zero-order valence-electron chi connectivity index (χ0n) is 14.0. The van der Waals surface area contributed by atoms with Crippen molar-refractivity contribution >= 4 is 40.7 Å². The number of hydrogen-bond acceptors (Lipinski definition) is 4. The molecule has 2 aromatic rings. The Bertz CT molecular complexity index is 838. The van der Waals surface area contributed by atoms with Crippen LogP contribution >= 0.6 is 24.0 Å². The highest BCUT2D eigenvalue weighted by Crippen LogP contribution is 2.46. The summed E-state index contributed by atoms with van der Waals surface area (Å²) in [5, 5.41) is 0.650. The largest absolute Gasteiger partial charge is 0.497 e. The maximum atomic E-state index is 13.0. The first-order chi connectivity index (χ1) is 12.1. The lowest BCUT2D eigenvalue weighted by Gasteiger charge is -2.25. The summed E-state index contributed by atoms with van der Waals surface area (Å²) >= 11 is 7.47. The SMILES string of the molecule is COc1cccc(N2C(=O)[C@H]3CS[C@H](c4ccc(C)cc4)N3C2=S)c1. The summed E-state index contributed by atoms with van der Waals surface area (Å²) in [4.78, 5) is 16.7. The van der Waals surface area contributed by atoms with E-state index in [0.29, 0.717) is 10.9 Å². The number of fused-ring (bicyclic) bond motifs is 1. The van der Waals surface area contributed by atoms with Gasteiger partial charge in [-0.1, -0.05) is 35.9 Å². The number of thiocarbonyl (C=S) groups is 1. The van der Waals surface area contributed by atoms with Gasteiger partial charge < -0.3 is 9.64 Å². The van der Waals surface area contributed by atoms with E-state index in [2.05, 4.69) is 36.1 Å². The fourth-order valence-electron chi connectivity index (χ4n) is 3.26. The molecule has 1 amide bonds. The predicted octanol–water partition coefficient (Wildman–Crippen LogP) is 3.75. The number of thioether (sulfide) groups is 1. The number of carbonyl (C=O) groups is 1. The minimum Gasteiger partial charge on any atom is -0.497 e. The van der Waals surface area contributed by atoms with E-state index in [4.69, 9.17) is 17.0 Å². The Labute approximate surface area is 156 Å². The van der Waals surface area contributed by atoms with Crippen molar-refractivity contribution in [1.82, 2.24) is 4.90 Å². The average molecular weight is 370 g/mol. The molecule has 4 nitrogen and oxygen atoms in total. The van der Waals surface area contributed by atoms with Crippen LogP contribution in [0.3, 0.4) is 0 Å². The maximum absolute atomic E-state index is 13.0. The highest BCUT2D eigenvalue weighted by atomic mass is 32.2. The van der Waals surface area contributed by atoms with Gasteiger partial charge >= 0.3 is 0 Å². The molecule has 128 valence electrons. The van der Waals surface area contributed by atoms with Gasteiger partial charge in [-0.25, -0.2) is 0 Å². The lowest BCUT2D eigenvalue weighted by Crippen LogP contribution is -2.33. The van der Waals surface area contributed by atoms with Gasteiger partial charge in [0.25, 0.3) is 5.91 Å². The maximum Gasteiger partial charge on any atom is 0.257 e. The Hall–Kier alpha value is -2.05. The van der Waals surface area contributed by atoms with Gasteiger partial charge in [-0.2, -0.15) is 0 Å². The first-order valence-electron chi connectivity index (χ1n) is 8.08. The van der Waals surface area contributed by atoms with Gasteiger partial charge in [0.1, 0.15) is 17.2 Å². The zero-order chi connectivity index (χ0) is 17.6. The summed E-state index contributed by atoms with van der Waals surface area (Å²) in [5.41, 5.74) is 3.17. The van der Waals surface area contributed by atoms with E-state index in [0.717, 1.165) is 11.4 Å². The topological polar surface area (TPSA) is 32.8 Å². The number of aryl methyl sites for hydroxylation is 1. The molecule has 2 heterocycles. The first kappa shape index (κ1) is 16.4. The summed E-state index contributed by atoms with van der Waals surface area (Å²) in [7, 11) is 1.62. The van der Waals surface area contributed by atoms with Gasteiger partial charge in [0.2, 0.25) is 0 Å². The Kier molecular flexibility index (Phi) is 4.17. The molecule has 4 rings (SSSR count). The van der Waals surface area contributed by atoms with Crippen LogP contribution in [0, 0.1) is 6.92 Å². The molecule has 0 unspecified atom stereocenters. The molecule has 25 heavy (non-hydrogen) atoms. The van der Waals surface area contributed by atoms with Gasteiger partial charge in [-0.15, -0.1) is 11.8 Å². The normalized spacial score (nSPS) is 22.5. The number of nitrogens with zero attached hydrogens (tertiary/aromatic N) is 2. The van der Waals surface area contributed by atoms with Crippen molar-refractivity contribution in [3.63, 3.8) is 0 Å². The van der Waals surface area contributed by atoms with Crippen molar-refractivity contribution in [3.05, 3.63) is 59.7 Å². The summed E-state index contributed by atoms with van der Waals surface area (Å²) in [5.74, 6) is 1.50. The Morgan fingerprint density at radius 1 is 1.20 bits per heavy atom. The molecule has 6 heteroatoms. The number of hydrogen-bond donors (Lipinski definition) is 0. The number of anilines is 1. The third-order valence-electron chi connectivity index (χ3n) is 4.59. The van der Waals surface area contributed by atoms with Crippen molar-refractivity contribution in [2.75, 3.05) is 17.8 Å². The highest BCUT2D eigenvalue weighted by molar-refractivity contribution is 7.99. The minimum atomic E-state index is -0.199. The molecule has 0 bridgehead atoms. The van der Waals surface area contributed by atoms with Gasteiger partial charge in [-0.3, -0.25) is 9.69 Å². The quantitative estimate of drug-likeness (QED) is 0.769. The molecule has 0 N–H and O–H groups in total. The van der Waals surface area contributed by atoms with Gasteiger partial charge in [0.15, 0.2) is 5.11 Å². The van der Waals surface area contributed by atoms with Crippen molar-refractivity contribution in [2.24, 2.45) is 0 Å². The summed E-state index contributed by atoms with van der Waals surface area (Å²) in [6.45, 7) is 2.07. The monoisotopic (exact) mass is 370 g/mol. The van der Waals surface area contributed by atoms with E-state index in [1.165, 1.54) is 11.1 Å². The fourth-order valence-corrected chi connectivity index (χ4v) is 5.18. The van der Waals surface area contributed by atoms with Gasteiger partial charge in [0, 0.05) is 11.8 Å². The van der Waals surface area contributed by atoms with Crippen LogP contribution in [0.15, 0.2) is 48.5 Å². The van der Waals surface area contributed by atoms with E-state index in [1.807, 2.05) is 24.3 Å². The van der Waals surface area contributed by atoms with Gasteiger partial charge in [0.05, 0.1) is 12.8 Å². The second-order valence-electron chi connectivity index (χ2n) is 6.18. The molecular weight excluding hydrogens is 352 g/mol. The number of rotatable bonds is 3. The molecule has 2 atom stereocenters. The predicted molar refractivity (Wildman–Crippen MR) is 105 cm³/mol. The summed E-state index contributed by atoms with van der Waals surface area (Å²) < 4.78 is 5.28. The van der Waals surface area contributed by atoms with Crippen molar-refractivity contribution in [1.29, 1.82) is 0 Å². The molecule has 2 fully saturated rings. The van der Waals surface area contributed by atoms with Crippen LogP contribution < -0.4 is 9.64 Å². The molecule has 0 radical (unpaired) electrons. The van der Waals surface area contributed by atoms with Crippen LogP contribution in [0.1, 0.15) is 16.5 Å². The molecule has 0 saturated carbocycles. The summed E-state index contributed by atoms with van der Waals surface area (Å²) in [6.07, 6.45) is 0. The van der Waals surface area contributed by atoms with Crippen LogP contribution in [0.5, 0.6) is 5.75 Å². The number of ether oxygens (including phenoxy) is 1. The highest BCUT2D eigenvalue weighted by Gasteiger charge is 2.50. The van der Waals surface area contributed by atoms with Gasteiger partial charge in [-0.05, 0) is 36.8 Å². The smallest absolute Gasteiger partial charge is 0.257 e. The molecule has 2 aliphatic heterocycles. The van der Waals surface area contributed by atoms with E-state index in [9.17, 15) is 4.79 Å². The van der Waals surface area contributed by atoms with Crippen LogP contribution in [-0.2, 0) is 4.79 Å². The molecule has 2 aliphatic rings. The molecule has 0 spiro atoms. The van der Waals surface area contributed by atoms with Crippen molar-refractivity contribution in [2.45, 2.75) is 18.3 Å². The van der Waals surface area contributed by atoms with Crippen LogP contribution in [0.25, 0.3) is 0 Å². The van der Waals surface area contributed by atoms with E-state index in [-0.39, 0.29) is 17.3 Å². The van der Waals surface area contributed by atoms with Crippen molar-refractivity contribution in [3.8, 4) is 5.75 Å². The molecular formula is C19H18N2O2S2. The number of benzene rings is 2. The van der Waals surface area contributed by atoms with Crippen LogP contribution in [0.4, 0.5) is 5.69 Å². The van der Waals surface area contributed by atoms with E-state index in [1.54, 1.807) is 23.8 Å². The fraction of sp³-hybridized carbons (Fsp3) is 0.263. The molecule has 0 aliphatic carbocycles. The second kappa shape index (κ2) is 6.35. The Balaban J connectivity index is 1.67. The average Bonchev–Trinajstić information content (AvgIpc) is 3.16. The Morgan fingerprint density at radius 2 is 1.96 bits per heavy atom. The lowest BCUT2D eigenvalue weighted by atomic mass is 10.1. The third-order valence-corrected chi connectivity index (χ3v) is 6.31.